The molecule has 0 aliphatic heterocycles. The summed E-state index contributed by atoms with van der Waals surface area (Å²) in [5, 5.41) is 18.4. The van der Waals surface area contributed by atoms with Crippen molar-refractivity contribution in [2.75, 3.05) is 18.2 Å². The minimum Gasteiger partial charge on any atom is -0.480 e. The molecule has 0 spiro atoms. The predicted octanol–water partition coefficient (Wildman–Crippen LogP) is -0.516. The third-order valence-corrected chi connectivity index (χ3v) is 2.06. The minimum atomic E-state index is -1.09. The van der Waals surface area contributed by atoms with Crippen LogP contribution in [0, 0.1) is 0 Å². The molecule has 0 amide bonds. The molecular weight excluding hydrogens is 254 g/mol. The number of aldehydes is 1. The number of carboxylic acids is 2. The molecule has 1 aromatic rings. The van der Waals surface area contributed by atoms with Crippen molar-refractivity contribution in [3.63, 3.8) is 0 Å². The summed E-state index contributed by atoms with van der Waals surface area (Å²) < 4.78 is 0. The molecule has 0 bridgehead atoms. The van der Waals surface area contributed by atoms with E-state index in [2.05, 4.69) is 10.9 Å². The molecule has 4 N–H and O–H groups in total. The molecule has 0 radical (unpaired) electrons. The number of nitrogens with one attached hydrogen (secondary N) is 2. The molecule has 19 heavy (non-hydrogen) atoms. The Bertz CT molecular complexity index is 442. The van der Waals surface area contributed by atoms with E-state index < -0.39 is 11.9 Å². The number of hydrogen-bond donors (Lipinski definition) is 4. The van der Waals surface area contributed by atoms with Gasteiger partial charge in [-0.25, -0.2) is 16.0 Å². The summed E-state index contributed by atoms with van der Waals surface area (Å²) in [6, 6.07) is 6.15. The van der Waals surface area contributed by atoms with Crippen LogP contribution < -0.4 is 16.0 Å². The van der Waals surface area contributed by atoms with E-state index in [1.165, 1.54) is 17.3 Å². The van der Waals surface area contributed by atoms with Gasteiger partial charge >= 0.3 is 11.9 Å². The van der Waals surface area contributed by atoms with Gasteiger partial charge in [0, 0.05) is 5.56 Å². The largest absolute Gasteiger partial charge is 0.480 e. The highest BCUT2D eigenvalue weighted by Gasteiger charge is 2.09. The maximum atomic E-state index is 10.5. The van der Waals surface area contributed by atoms with Crippen molar-refractivity contribution >= 4 is 23.9 Å². The Balaban J connectivity index is 2.76. The number of rotatable bonds is 8. The Morgan fingerprint density at radius 2 is 1.53 bits per heavy atom. The predicted molar refractivity (Wildman–Crippen MR) is 65.6 cm³/mol. The normalized spacial score (nSPS) is 9.89. The molecule has 0 fully saturated rings. The third kappa shape index (κ3) is 5.15. The van der Waals surface area contributed by atoms with Crippen molar-refractivity contribution in [2.45, 2.75) is 0 Å². The number of anilines is 1. The number of carboxylic acid groups (broad SMARTS) is 2. The fourth-order valence-electron chi connectivity index (χ4n) is 1.23. The van der Waals surface area contributed by atoms with E-state index in [1.807, 2.05) is 0 Å². The molecule has 1 aromatic carbocycles. The molecule has 0 saturated carbocycles. The maximum Gasteiger partial charge on any atom is 0.319 e. The van der Waals surface area contributed by atoms with Crippen LogP contribution in [0.5, 0.6) is 0 Å². The number of aliphatic carboxylic acids is 2. The van der Waals surface area contributed by atoms with E-state index in [0.717, 1.165) is 0 Å². The van der Waals surface area contributed by atoms with Gasteiger partial charge < -0.3 is 10.2 Å². The number of hydrogen-bond acceptors (Lipinski definition) is 6. The standard InChI is InChI=1S/C11H13N3O5/c15-7-8-1-3-9(4-2-8)14(12-5-10(16)17)13-6-11(18)19/h1-4,7,12-13H,5-6H2,(H,16,17)(H,18,19). The smallest absolute Gasteiger partial charge is 0.319 e. The van der Waals surface area contributed by atoms with Gasteiger partial charge in [0.05, 0.1) is 5.69 Å². The fourth-order valence-corrected chi connectivity index (χ4v) is 1.23. The molecule has 1 rings (SSSR count). The summed E-state index contributed by atoms with van der Waals surface area (Å²) in [5.74, 6) is -2.18. The molecule has 0 aliphatic rings. The van der Waals surface area contributed by atoms with Crippen LogP contribution in [0.1, 0.15) is 10.4 Å². The lowest BCUT2D eigenvalue weighted by molar-refractivity contribution is -0.136. The molecule has 0 heterocycles. The zero-order valence-corrected chi connectivity index (χ0v) is 9.87. The number of hydrazine groups is 2. The third-order valence-electron chi connectivity index (χ3n) is 2.06. The fraction of sp³-hybridized carbons (Fsp3) is 0.182. The maximum absolute atomic E-state index is 10.5. The molecule has 0 unspecified atom stereocenters. The molecular formula is C11H13N3O5. The topological polar surface area (TPSA) is 119 Å². The van der Waals surface area contributed by atoms with Crippen molar-refractivity contribution < 1.29 is 24.6 Å². The van der Waals surface area contributed by atoms with Crippen LogP contribution in [0.15, 0.2) is 24.3 Å². The molecule has 0 atom stereocenters. The van der Waals surface area contributed by atoms with Gasteiger partial charge in [-0.2, -0.15) is 0 Å². The average Bonchev–Trinajstić information content (AvgIpc) is 2.38. The SMILES string of the molecule is O=Cc1ccc(N(NCC(=O)O)NCC(=O)O)cc1. The van der Waals surface area contributed by atoms with Gasteiger partial charge in [-0.1, -0.05) is 0 Å². The van der Waals surface area contributed by atoms with Crippen LogP contribution in [-0.4, -0.2) is 41.5 Å². The summed E-state index contributed by atoms with van der Waals surface area (Å²) in [7, 11) is 0. The first-order valence-electron chi connectivity index (χ1n) is 5.29. The van der Waals surface area contributed by atoms with Crippen LogP contribution in [0.3, 0.4) is 0 Å². The molecule has 102 valence electrons. The van der Waals surface area contributed by atoms with E-state index in [4.69, 9.17) is 10.2 Å². The van der Waals surface area contributed by atoms with Gasteiger partial charge in [0.25, 0.3) is 0 Å². The molecule has 0 aromatic heterocycles. The first kappa shape index (κ1) is 14.6. The van der Waals surface area contributed by atoms with Gasteiger partial charge in [-0.3, -0.25) is 14.4 Å². The second-order valence-electron chi connectivity index (χ2n) is 3.50. The van der Waals surface area contributed by atoms with E-state index in [1.54, 1.807) is 12.1 Å². The van der Waals surface area contributed by atoms with Gasteiger partial charge in [0.2, 0.25) is 0 Å². The van der Waals surface area contributed by atoms with Gasteiger partial charge in [-0.15, -0.1) is 0 Å². The number of carbonyl (C=O) groups is 3. The van der Waals surface area contributed by atoms with Crippen molar-refractivity contribution in [1.29, 1.82) is 0 Å². The highest BCUT2D eigenvalue weighted by atomic mass is 16.4. The lowest BCUT2D eigenvalue weighted by Gasteiger charge is -2.24. The van der Waals surface area contributed by atoms with Crippen LogP contribution in [0.2, 0.25) is 0 Å². The van der Waals surface area contributed by atoms with Crippen LogP contribution in [0.25, 0.3) is 0 Å². The van der Waals surface area contributed by atoms with E-state index >= 15 is 0 Å². The Morgan fingerprint density at radius 1 is 1.05 bits per heavy atom. The molecule has 8 nitrogen and oxygen atoms in total. The van der Waals surface area contributed by atoms with Crippen LogP contribution >= 0.6 is 0 Å². The van der Waals surface area contributed by atoms with Gasteiger partial charge in [0.15, 0.2) is 0 Å². The summed E-state index contributed by atoms with van der Waals surface area (Å²) in [6.45, 7) is -0.774. The zero-order valence-electron chi connectivity index (χ0n) is 9.87. The van der Waals surface area contributed by atoms with Crippen LogP contribution in [-0.2, 0) is 9.59 Å². The highest BCUT2D eigenvalue weighted by Crippen LogP contribution is 2.10. The lowest BCUT2D eigenvalue weighted by Crippen LogP contribution is -2.51. The summed E-state index contributed by atoms with van der Waals surface area (Å²) in [6.07, 6.45) is 0.670. The summed E-state index contributed by atoms with van der Waals surface area (Å²) in [4.78, 5) is 31.5. The van der Waals surface area contributed by atoms with Crippen molar-refractivity contribution in [2.24, 2.45) is 0 Å². The molecule has 0 aliphatic carbocycles. The summed E-state index contributed by atoms with van der Waals surface area (Å²) in [5.41, 5.74) is 5.94. The Hall–Kier alpha value is -2.45. The van der Waals surface area contributed by atoms with E-state index in [-0.39, 0.29) is 13.1 Å². The lowest BCUT2D eigenvalue weighted by atomic mass is 10.2. The minimum absolute atomic E-state index is 0.387. The second kappa shape index (κ2) is 7.09. The second-order valence-corrected chi connectivity index (χ2v) is 3.50. The van der Waals surface area contributed by atoms with E-state index in [0.29, 0.717) is 17.5 Å². The van der Waals surface area contributed by atoms with Crippen molar-refractivity contribution in [1.82, 2.24) is 10.9 Å². The van der Waals surface area contributed by atoms with Crippen LogP contribution in [0.4, 0.5) is 5.69 Å². The number of carbonyl (C=O) groups excluding carboxylic acids is 1. The first-order chi connectivity index (χ1) is 9.02. The number of benzene rings is 1. The monoisotopic (exact) mass is 267 g/mol. The molecule has 0 saturated heterocycles. The van der Waals surface area contributed by atoms with Crippen molar-refractivity contribution in [3.8, 4) is 0 Å². The Morgan fingerprint density at radius 3 is 1.89 bits per heavy atom. The zero-order chi connectivity index (χ0) is 14.3. The summed E-state index contributed by atoms with van der Waals surface area (Å²) >= 11 is 0. The van der Waals surface area contributed by atoms with Gasteiger partial charge in [-0.05, 0) is 24.3 Å². The first-order valence-corrected chi connectivity index (χ1v) is 5.29. The van der Waals surface area contributed by atoms with Gasteiger partial charge in [0.1, 0.15) is 19.4 Å². The average molecular weight is 267 g/mol. The van der Waals surface area contributed by atoms with E-state index in [9.17, 15) is 14.4 Å². The van der Waals surface area contributed by atoms with Crippen molar-refractivity contribution in [3.05, 3.63) is 29.8 Å². The highest BCUT2D eigenvalue weighted by molar-refractivity contribution is 5.76. The molecule has 8 heteroatoms. The Kier molecular flexibility index (Phi) is 5.45. The quantitative estimate of drug-likeness (QED) is 0.367. The Labute approximate surface area is 108 Å². The number of nitrogens with zero attached hydrogens (tertiary/aromatic N) is 1.